The third-order valence-corrected chi connectivity index (χ3v) is 5.33. The maximum atomic E-state index is 12.2. The number of aliphatic carboxylic acids is 1. The van der Waals surface area contributed by atoms with Crippen molar-refractivity contribution in [2.24, 2.45) is 0 Å². The highest BCUT2D eigenvalue weighted by Crippen LogP contribution is 2.16. The summed E-state index contributed by atoms with van der Waals surface area (Å²) in [6, 6.07) is 14.2. The van der Waals surface area contributed by atoms with Gasteiger partial charge in [-0.2, -0.15) is 0 Å². The molecule has 0 fully saturated rings. The zero-order valence-corrected chi connectivity index (χ0v) is 15.1. The fourth-order valence-electron chi connectivity index (χ4n) is 1.83. The van der Waals surface area contributed by atoms with Crippen LogP contribution in [0.1, 0.15) is 11.1 Å². The number of benzene rings is 2. The summed E-state index contributed by atoms with van der Waals surface area (Å²) in [4.78, 5) is 12.9. The molecule has 0 spiro atoms. The summed E-state index contributed by atoms with van der Waals surface area (Å²) in [6.07, 6.45) is 0. The Hall–Kier alpha value is -1.51. The van der Waals surface area contributed by atoms with E-state index in [0.717, 1.165) is 16.0 Å². The van der Waals surface area contributed by atoms with Gasteiger partial charge in [0.15, 0.2) is 4.90 Å². The van der Waals surface area contributed by atoms with Gasteiger partial charge in [-0.15, -0.1) is 4.72 Å². The molecule has 128 valence electrons. The largest absolute Gasteiger partial charge is 0.593 e. The van der Waals surface area contributed by atoms with E-state index in [1.807, 2.05) is 50.2 Å². The van der Waals surface area contributed by atoms with Gasteiger partial charge >= 0.3 is 5.97 Å². The summed E-state index contributed by atoms with van der Waals surface area (Å²) in [5.74, 6) is -0.997. The first kappa shape index (κ1) is 18.8. The van der Waals surface area contributed by atoms with Crippen molar-refractivity contribution in [2.75, 3.05) is 6.54 Å². The molecule has 7 heteroatoms. The second-order valence-electron chi connectivity index (χ2n) is 5.35. The van der Waals surface area contributed by atoms with Gasteiger partial charge in [-0.25, -0.2) is 4.72 Å². The SMILES string of the molecule is Cc1ccc(SNC(CN[S+]([O-])c2ccc(C)cc2)C(=O)O)cc1. The van der Waals surface area contributed by atoms with E-state index in [1.165, 1.54) is 11.9 Å². The van der Waals surface area contributed by atoms with Gasteiger partial charge in [-0.05, 0) is 50.1 Å². The summed E-state index contributed by atoms with van der Waals surface area (Å²) >= 11 is -0.197. The van der Waals surface area contributed by atoms with Gasteiger partial charge in [-0.1, -0.05) is 35.4 Å². The molecule has 2 aromatic rings. The number of hydrogen-bond acceptors (Lipinski definition) is 5. The Bertz CT molecular complexity index is 663. The summed E-state index contributed by atoms with van der Waals surface area (Å²) < 4.78 is 17.8. The van der Waals surface area contributed by atoms with Gasteiger partial charge in [0.05, 0.1) is 17.9 Å². The second-order valence-corrected chi connectivity index (χ2v) is 7.56. The van der Waals surface area contributed by atoms with Gasteiger partial charge in [0.2, 0.25) is 0 Å². The normalized spacial score (nSPS) is 13.5. The predicted molar refractivity (Wildman–Crippen MR) is 97.2 cm³/mol. The first-order chi connectivity index (χ1) is 11.5. The highest BCUT2D eigenvalue weighted by Gasteiger charge is 2.21. The van der Waals surface area contributed by atoms with Crippen LogP contribution in [-0.4, -0.2) is 28.2 Å². The third-order valence-electron chi connectivity index (χ3n) is 3.29. The Kier molecular flexibility index (Phi) is 7.14. The van der Waals surface area contributed by atoms with Crippen LogP contribution in [-0.2, 0) is 16.2 Å². The Morgan fingerprint density at radius 3 is 2.21 bits per heavy atom. The lowest BCUT2D eigenvalue weighted by atomic mass is 10.2. The summed E-state index contributed by atoms with van der Waals surface area (Å²) in [7, 11) is 0. The average molecular weight is 364 g/mol. The van der Waals surface area contributed by atoms with Crippen LogP contribution in [0, 0.1) is 13.8 Å². The van der Waals surface area contributed by atoms with E-state index in [0.29, 0.717) is 4.90 Å². The number of aryl methyl sites for hydroxylation is 2. The number of nitrogens with one attached hydrogen (secondary N) is 2. The first-order valence-electron chi connectivity index (χ1n) is 7.39. The maximum Gasteiger partial charge on any atom is 0.323 e. The van der Waals surface area contributed by atoms with E-state index in [2.05, 4.69) is 9.44 Å². The third kappa shape index (κ3) is 5.85. The van der Waals surface area contributed by atoms with Crippen LogP contribution in [0.3, 0.4) is 0 Å². The van der Waals surface area contributed by atoms with Crippen molar-refractivity contribution in [1.82, 2.24) is 9.44 Å². The molecule has 0 bridgehead atoms. The van der Waals surface area contributed by atoms with Crippen LogP contribution >= 0.6 is 11.9 Å². The van der Waals surface area contributed by atoms with Crippen molar-refractivity contribution >= 4 is 29.3 Å². The Balaban J connectivity index is 1.87. The zero-order chi connectivity index (χ0) is 17.5. The summed E-state index contributed by atoms with van der Waals surface area (Å²) in [6.45, 7) is 3.99. The highest BCUT2D eigenvalue weighted by atomic mass is 32.2. The van der Waals surface area contributed by atoms with Gasteiger partial charge in [0.25, 0.3) is 0 Å². The standard InChI is InChI=1S/C17H20N2O3S2/c1-12-3-7-14(8-4-12)23-19-16(17(20)21)11-18-24(22)15-9-5-13(2)6-10-15/h3-10,16,18-19H,11H2,1-2H3,(H,20,21). The minimum Gasteiger partial charge on any atom is -0.593 e. The monoisotopic (exact) mass is 364 g/mol. The van der Waals surface area contributed by atoms with Gasteiger partial charge in [0, 0.05) is 4.90 Å². The highest BCUT2D eigenvalue weighted by molar-refractivity contribution is 7.97. The molecular weight excluding hydrogens is 344 g/mol. The number of carboxylic acid groups (broad SMARTS) is 1. The van der Waals surface area contributed by atoms with E-state index in [1.54, 1.807) is 12.1 Å². The van der Waals surface area contributed by atoms with Gasteiger partial charge in [-0.3, -0.25) is 4.79 Å². The fourth-order valence-corrected chi connectivity index (χ4v) is 3.43. The van der Waals surface area contributed by atoms with Crippen molar-refractivity contribution in [2.45, 2.75) is 29.7 Å². The molecule has 2 rings (SSSR count). The molecule has 0 heterocycles. The number of carbonyl (C=O) groups is 1. The summed E-state index contributed by atoms with van der Waals surface area (Å²) in [5, 5.41) is 9.30. The van der Waals surface area contributed by atoms with Crippen molar-refractivity contribution in [3.63, 3.8) is 0 Å². The fraction of sp³-hybridized carbons (Fsp3) is 0.235. The lowest BCUT2D eigenvalue weighted by molar-refractivity contribution is -0.138. The van der Waals surface area contributed by atoms with Crippen LogP contribution in [0.5, 0.6) is 0 Å². The van der Waals surface area contributed by atoms with Crippen molar-refractivity contribution in [3.05, 3.63) is 59.7 Å². The molecule has 0 aliphatic rings. The molecule has 0 radical (unpaired) electrons. The zero-order valence-electron chi connectivity index (χ0n) is 13.5. The summed E-state index contributed by atoms with van der Waals surface area (Å²) in [5.41, 5.74) is 2.22. The van der Waals surface area contributed by atoms with Crippen molar-refractivity contribution in [1.29, 1.82) is 0 Å². The number of carboxylic acids is 1. The van der Waals surface area contributed by atoms with Crippen LogP contribution in [0.25, 0.3) is 0 Å². The molecule has 2 aromatic carbocycles. The lowest BCUT2D eigenvalue weighted by Gasteiger charge is -2.16. The molecule has 0 amide bonds. The Morgan fingerprint density at radius 2 is 1.67 bits per heavy atom. The molecule has 24 heavy (non-hydrogen) atoms. The molecule has 5 nitrogen and oxygen atoms in total. The molecule has 0 saturated carbocycles. The van der Waals surface area contributed by atoms with Gasteiger partial charge < -0.3 is 9.66 Å². The molecule has 2 atom stereocenters. The Labute approximate surface area is 149 Å². The van der Waals surface area contributed by atoms with E-state index in [4.69, 9.17) is 0 Å². The predicted octanol–water partition coefficient (Wildman–Crippen LogP) is 2.67. The van der Waals surface area contributed by atoms with Crippen LogP contribution in [0.15, 0.2) is 58.3 Å². The van der Waals surface area contributed by atoms with E-state index >= 15 is 0 Å². The van der Waals surface area contributed by atoms with Crippen LogP contribution < -0.4 is 9.44 Å². The van der Waals surface area contributed by atoms with Crippen molar-refractivity contribution < 1.29 is 14.5 Å². The van der Waals surface area contributed by atoms with E-state index < -0.39 is 23.4 Å². The molecule has 3 N–H and O–H groups in total. The Morgan fingerprint density at radius 1 is 1.12 bits per heavy atom. The molecular formula is C17H20N2O3S2. The van der Waals surface area contributed by atoms with E-state index in [9.17, 15) is 14.5 Å². The van der Waals surface area contributed by atoms with Crippen molar-refractivity contribution in [3.8, 4) is 0 Å². The number of rotatable bonds is 8. The average Bonchev–Trinajstić information content (AvgIpc) is 2.56. The molecule has 0 aromatic heterocycles. The molecule has 0 saturated heterocycles. The van der Waals surface area contributed by atoms with Crippen LogP contribution in [0.4, 0.5) is 0 Å². The van der Waals surface area contributed by atoms with E-state index in [-0.39, 0.29) is 6.54 Å². The quantitative estimate of drug-likeness (QED) is 0.493. The van der Waals surface area contributed by atoms with Gasteiger partial charge in [0.1, 0.15) is 6.04 Å². The topological polar surface area (TPSA) is 84.4 Å². The minimum atomic E-state index is -1.44. The first-order valence-corrected chi connectivity index (χ1v) is 9.36. The van der Waals surface area contributed by atoms with Crippen LogP contribution in [0.2, 0.25) is 0 Å². The smallest absolute Gasteiger partial charge is 0.323 e. The second kappa shape index (κ2) is 9.10. The molecule has 0 aliphatic carbocycles. The number of hydrogen-bond donors (Lipinski definition) is 3. The minimum absolute atomic E-state index is 0.0503. The lowest BCUT2D eigenvalue weighted by Crippen LogP contribution is -2.43. The molecule has 0 aliphatic heterocycles. The maximum absolute atomic E-state index is 12.2. The molecule has 2 unspecified atom stereocenters.